The molecule has 94 valence electrons. The summed E-state index contributed by atoms with van der Waals surface area (Å²) in [6, 6.07) is 5.31. The predicted octanol–water partition coefficient (Wildman–Crippen LogP) is 3.41. The summed E-state index contributed by atoms with van der Waals surface area (Å²) in [5.41, 5.74) is 5.30. The molecule has 4 heteroatoms. The van der Waals surface area contributed by atoms with Crippen molar-refractivity contribution >= 4 is 5.69 Å². The molecule has 0 saturated carbocycles. The Balaban J connectivity index is 0. The van der Waals surface area contributed by atoms with Gasteiger partial charge in [0.05, 0.1) is 0 Å². The summed E-state index contributed by atoms with van der Waals surface area (Å²) in [6.45, 7) is 6.80. The van der Waals surface area contributed by atoms with Gasteiger partial charge in [-0.05, 0) is 12.1 Å². The smallest absolute Gasteiger partial charge is 0.295 e. The number of anilines is 1. The lowest BCUT2D eigenvalue weighted by Gasteiger charge is -2.13. The first kappa shape index (κ1) is 17.2. The van der Waals surface area contributed by atoms with E-state index in [0.717, 1.165) is 6.07 Å². The second kappa shape index (κ2) is 9.09. The standard InChI is InChI=1S/C8H9F2NO.2C2H6/c9-8(10,5-12)6-2-1-3-7(11)4-6;2*1-2/h1-4,12H,5,11H2;2*1-2H3. The first-order chi connectivity index (χ1) is 7.56. The molecular formula is C12H21F2NO. The van der Waals surface area contributed by atoms with Gasteiger partial charge in [-0.15, -0.1) is 0 Å². The van der Waals surface area contributed by atoms with Crippen molar-refractivity contribution in [1.29, 1.82) is 0 Å². The Bertz CT molecular complexity index is 277. The van der Waals surface area contributed by atoms with Crippen molar-refractivity contribution in [2.24, 2.45) is 0 Å². The number of hydrogen-bond acceptors (Lipinski definition) is 2. The van der Waals surface area contributed by atoms with Gasteiger partial charge in [-0.3, -0.25) is 0 Å². The Morgan fingerprint density at radius 1 is 1.19 bits per heavy atom. The van der Waals surface area contributed by atoms with Gasteiger partial charge >= 0.3 is 0 Å². The third kappa shape index (κ3) is 5.66. The molecule has 2 nitrogen and oxygen atoms in total. The molecule has 0 bridgehead atoms. The summed E-state index contributed by atoms with van der Waals surface area (Å²) >= 11 is 0. The number of hydrogen-bond donors (Lipinski definition) is 2. The number of aliphatic hydroxyl groups excluding tert-OH is 1. The number of benzene rings is 1. The molecule has 0 aliphatic heterocycles. The van der Waals surface area contributed by atoms with Crippen LogP contribution < -0.4 is 5.73 Å². The van der Waals surface area contributed by atoms with Crippen molar-refractivity contribution in [2.45, 2.75) is 33.6 Å². The van der Waals surface area contributed by atoms with E-state index in [9.17, 15) is 8.78 Å². The van der Waals surface area contributed by atoms with Crippen LogP contribution in [0.3, 0.4) is 0 Å². The van der Waals surface area contributed by atoms with Crippen LogP contribution in [0.5, 0.6) is 0 Å². The average Bonchev–Trinajstić information content (AvgIpc) is 2.34. The van der Waals surface area contributed by atoms with Crippen LogP contribution in [0.2, 0.25) is 0 Å². The third-order valence-corrected chi connectivity index (χ3v) is 1.51. The third-order valence-electron chi connectivity index (χ3n) is 1.51. The molecule has 0 aromatic heterocycles. The number of aliphatic hydroxyl groups is 1. The van der Waals surface area contributed by atoms with Crippen molar-refractivity contribution < 1.29 is 13.9 Å². The highest BCUT2D eigenvalue weighted by Crippen LogP contribution is 2.27. The molecular weight excluding hydrogens is 212 g/mol. The monoisotopic (exact) mass is 233 g/mol. The largest absolute Gasteiger partial charge is 0.399 e. The highest BCUT2D eigenvalue weighted by Gasteiger charge is 2.30. The molecule has 0 heterocycles. The number of nitrogen functional groups attached to an aromatic ring is 1. The van der Waals surface area contributed by atoms with Crippen LogP contribution in [0.25, 0.3) is 0 Å². The normalized spacial score (nSPS) is 9.44. The zero-order valence-electron chi connectivity index (χ0n) is 10.3. The maximum atomic E-state index is 12.8. The summed E-state index contributed by atoms with van der Waals surface area (Å²) in [5, 5.41) is 8.35. The van der Waals surface area contributed by atoms with Crippen molar-refractivity contribution in [1.82, 2.24) is 0 Å². The number of rotatable bonds is 2. The van der Waals surface area contributed by atoms with Gasteiger partial charge in [0.1, 0.15) is 6.61 Å². The van der Waals surface area contributed by atoms with E-state index in [2.05, 4.69) is 0 Å². The summed E-state index contributed by atoms with van der Waals surface area (Å²) in [5.74, 6) is -3.20. The molecule has 0 aliphatic carbocycles. The molecule has 0 aliphatic rings. The summed E-state index contributed by atoms with van der Waals surface area (Å²) in [6.07, 6.45) is 0. The minimum Gasteiger partial charge on any atom is -0.399 e. The van der Waals surface area contributed by atoms with Crippen LogP contribution in [-0.4, -0.2) is 11.7 Å². The van der Waals surface area contributed by atoms with Crippen LogP contribution >= 0.6 is 0 Å². The van der Waals surface area contributed by atoms with Crippen LogP contribution in [0.1, 0.15) is 33.3 Å². The fraction of sp³-hybridized carbons (Fsp3) is 0.500. The highest BCUT2D eigenvalue weighted by molar-refractivity contribution is 5.42. The second-order valence-electron chi connectivity index (χ2n) is 2.49. The SMILES string of the molecule is CC.CC.Nc1cccc(C(F)(F)CO)c1. The van der Waals surface area contributed by atoms with Crippen LogP contribution in [0.4, 0.5) is 14.5 Å². The van der Waals surface area contributed by atoms with Gasteiger partial charge in [0.25, 0.3) is 5.92 Å². The molecule has 1 aromatic carbocycles. The minimum absolute atomic E-state index is 0.259. The lowest BCUT2D eigenvalue weighted by atomic mass is 10.1. The van der Waals surface area contributed by atoms with Crippen LogP contribution in [0, 0.1) is 0 Å². The maximum Gasteiger partial charge on any atom is 0.295 e. The van der Waals surface area contributed by atoms with E-state index in [-0.39, 0.29) is 11.3 Å². The Morgan fingerprint density at radius 3 is 2.06 bits per heavy atom. The van der Waals surface area contributed by atoms with Crippen molar-refractivity contribution in [3.8, 4) is 0 Å². The van der Waals surface area contributed by atoms with Gasteiger partial charge in [-0.2, -0.15) is 8.78 Å². The summed E-state index contributed by atoms with van der Waals surface area (Å²) in [4.78, 5) is 0. The van der Waals surface area contributed by atoms with Gasteiger partial charge in [0.2, 0.25) is 0 Å². The Kier molecular flexibility index (Phi) is 9.80. The van der Waals surface area contributed by atoms with Crippen molar-refractivity contribution in [3.63, 3.8) is 0 Å². The number of alkyl halides is 2. The van der Waals surface area contributed by atoms with Gasteiger partial charge < -0.3 is 10.8 Å². The zero-order chi connectivity index (χ0) is 13.2. The van der Waals surface area contributed by atoms with E-state index in [1.165, 1.54) is 18.2 Å². The summed E-state index contributed by atoms with van der Waals surface area (Å²) < 4.78 is 25.5. The molecule has 1 aromatic rings. The molecule has 0 unspecified atom stereocenters. The topological polar surface area (TPSA) is 46.2 Å². The fourth-order valence-electron chi connectivity index (χ4n) is 0.857. The van der Waals surface area contributed by atoms with Crippen molar-refractivity contribution in [3.05, 3.63) is 29.8 Å². The summed E-state index contributed by atoms with van der Waals surface area (Å²) in [7, 11) is 0. The maximum absolute atomic E-state index is 12.8. The Hall–Kier alpha value is -1.16. The fourth-order valence-corrected chi connectivity index (χ4v) is 0.857. The first-order valence-corrected chi connectivity index (χ1v) is 5.41. The van der Waals surface area contributed by atoms with E-state index < -0.39 is 12.5 Å². The van der Waals surface area contributed by atoms with Crippen LogP contribution in [0.15, 0.2) is 24.3 Å². The van der Waals surface area contributed by atoms with Crippen LogP contribution in [-0.2, 0) is 5.92 Å². The molecule has 0 atom stereocenters. The van der Waals surface area contributed by atoms with Gasteiger partial charge in [-0.25, -0.2) is 0 Å². The van der Waals surface area contributed by atoms with Gasteiger partial charge in [0.15, 0.2) is 0 Å². The highest BCUT2D eigenvalue weighted by atomic mass is 19.3. The van der Waals surface area contributed by atoms with E-state index in [0.29, 0.717) is 0 Å². The molecule has 0 amide bonds. The lowest BCUT2D eigenvalue weighted by molar-refractivity contribution is -0.0555. The Labute approximate surface area is 96.1 Å². The minimum atomic E-state index is -3.20. The predicted molar refractivity (Wildman–Crippen MR) is 64.5 cm³/mol. The van der Waals surface area contributed by atoms with E-state index >= 15 is 0 Å². The quantitative estimate of drug-likeness (QED) is 0.769. The molecule has 0 fully saturated rings. The average molecular weight is 233 g/mol. The van der Waals surface area contributed by atoms with Gasteiger partial charge in [-0.1, -0.05) is 39.8 Å². The van der Waals surface area contributed by atoms with E-state index in [1.807, 2.05) is 27.7 Å². The van der Waals surface area contributed by atoms with E-state index in [1.54, 1.807) is 0 Å². The van der Waals surface area contributed by atoms with Gasteiger partial charge in [0, 0.05) is 11.3 Å². The Morgan fingerprint density at radius 2 is 1.69 bits per heavy atom. The molecule has 0 radical (unpaired) electrons. The van der Waals surface area contributed by atoms with E-state index in [4.69, 9.17) is 10.8 Å². The molecule has 0 spiro atoms. The molecule has 1 rings (SSSR count). The number of nitrogens with two attached hydrogens (primary N) is 1. The molecule has 0 saturated heterocycles. The zero-order valence-corrected chi connectivity index (χ0v) is 10.3. The molecule has 16 heavy (non-hydrogen) atoms. The molecule has 3 N–H and O–H groups in total. The number of halogens is 2. The lowest BCUT2D eigenvalue weighted by Crippen LogP contribution is -2.18. The first-order valence-electron chi connectivity index (χ1n) is 5.41. The van der Waals surface area contributed by atoms with Crippen molar-refractivity contribution in [2.75, 3.05) is 12.3 Å². The second-order valence-corrected chi connectivity index (χ2v) is 2.49.